The number of anilines is 3. The molecule has 2 saturated heterocycles. The lowest BCUT2D eigenvalue weighted by Gasteiger charge is -2.23. The van der Waals surface area contributed by atoms with E-state index in [4.69, 9.17) is 0 Å². The fraction of sp³-hybridized carbons (Fsp3) is 0.333. The highest BCUT2D eigenvalue weighted by Crippen LogP contribution is 2.27. The first-order valence-electron chi connectivity index (χ1n) is 13.0. The van der Waals surface area contributed by atoms with Crippen LogP contribution < -0.4 is 20.9 Å². The minimum Gasteiger partial charge on any atom is -0.372 e. The smallest absolute Gasteiger partial charge is 0.255 e. The standard InChI is InChI=1S/C30H34N4O2/c1-21-10-11-26(32-29(35)25-8-5-9-27(19-25)34-16-2-3-17-34)20-28(21)33-30(36)24-7-4-6-23(18-24)22-12-14-31-15-13-22/h4-11,18-20,22,31H,2-3,12-17H2,1H3,(H,32,35)(H,33,36). The average molecular weight is 483 g/mol. The molecule has 2 aliphatic rings. The predicted octanol–water partition coefficient (Wildman–Crippen LogP) is 5.57. The normalized spacial score (nSPS) is 16.1. The molecule has 0 aromatic heterocycles. The third kappa shape index (κ3) is 5.60. The van der Waals surface area contributed by atoms with Gasteiger partial charge in [0.05, 0.1) is 0 Å². The zero-order valence-electron chi connectivity index (χ0n) is 20.8. The Hall–Kier alpha value is -3.64. The van der Waals surface area contributed by atoms with Gasteiger partial charge in [0.1, 0.15) is 0 Å². The summed E-state index contributed by atoms with van der Waals surface area (Å²) in [5.41, 5.74) is 5.86. The van der Waals surface area contributed by atoms with Gasteiger partial charge in [-0.2, -0.15) is 0 Å². The van der Waals surface area contributed by atoms with Crippen LogP contribution >= 0.6 is 0 Å². The minimum absolute atomic E-state index is 0.143. The summed E-state index contributed by atoms with van der Waals surface area (Å²) >= 11 is 0. The molecule has 0 bridgehead atoms. The van der Waals surface area contributed by atoms with E-state index in [1.54, 1.807) is 0 Å². The molecule has 6 heteroatoms. The molecule has 5 rings (SSSR count). The molecule has 2 amide bonds. The number of rotatable bonds is 6. The maximum atomic E-state index is 13.1. The van der Waals surface area contributed by atoms with E-state index >= 15 is 0 Å². The molecule has 3 aromatic carbocycles. The van der Waals surface area contributed by atoms with Crippen LogP contribution in [0, 0.1) is 6.92 Å². The Balaban J connectivity index is 1.28. The topological polar surface area (TPSA) is 73.5 Å². The highest BCUT2D eigenvalue weighted by atomic mass is 16.2. The van der Waals surface area contributed by atoms with Gasteiger partial charge in [-0.3, -0.25) is 9.59 Å². The van der Waals surface area contributed by atoms with E-state index in [0.717, 1.165) is 50.3 Å². The summed E-state index contributed by atoms with van der Waals surface area (Å²) in [5.74, 6) is 0.186. The number of nitrogens with zero attached hydrogens (tertiary/aromatic N) is 1. The van der Waals surface area contributed by atoms with Gasteiger partial charge in [-0.1, -0.05) is 24.3 Å². The van der Waals surface area contributed by atoms with Gasteiger partial charge in [-0.05, 0) is 105 Å². The number of carbonyl (C=O) groups excluding carboxylic acids is 2. The number of carbonyl (C=O) groups is 2. The lowest BCUT2D eigenvalue weighted by atomic mass is 9.89. The van der Waals surface area contributed by atoms with Crippen molar-refractivity contribution in [3.05, 3.63) is 89.0 Å². The Labute approximate surface area is 213 Å². The number of piperidine rings is 1. The molecule has 0 aliphatic carbocycles. The Morgan fingerprint density at radius 3 is 2.31 bits per heavy atom. The Morgan fingerprint density at radius 1 is 0.833 bits per heavy atom. The molecule has 3 N–H and O–H groups in total. The van der Waals surface area contributed by atoms with E-state index in [1.807, 2.05) is 61.5 Å². The molecule has 2 fully saturated rings. The largest absolute Gasteiger partial charge is 0.372 e. The zero-order valence-corrected chi connectivity index (χ0v) is 20.8. The summed E-state index contributed by atoms with van der Waals surface area (Å²) in [4.78, 5) is 28.4. The van der Waals surface area contributed by atoms with Crippen LogP contribution in [0.5, 0.6) is 0 Å². The molecule has 0 spiro atoms. The Bertz CT molecular complexity index is 1240. The van der Waals surface area contributed by atoms with Crippen molar-refractivity contribution < 1.29 is 9.59 Å². The van der Waals surface area contributed by atoms with Crippen molar-refractivity contribution in [2.45, 2.75) is 38.5 Å². The number of benzene rings is 3. The molecule has 0 atom stereocenters. The molecule has 36 heavy (non-hydrogen) atoms. The van der Waals surface area contributed by atoms with Gasteiger partial charge in [-0.15, -0.1) is 0 Å². The van der Waals surface area contributed by atoms with Crippen molar-refractivity contribution in [2.24, 2.45) is 0 Å². The van der Waals surface area contributed by atoms with Crippen LogP contribution in [-0.4, -0.2) is 38.0 Å². The summed E-state index contributed by atoms with van der Waals surface area (Å²) in [6, 6.07) is 21.3. The maximum absolute atomic E-state index is 13.1. The average Bonchev–Trinajstić information content (AvgIpc) is 3.46. The summed E-state index contributed by atoms with van der Waals surface area (Å²) in [7, 11) is 0. The van der Waals surface area contributed by atoms with E-state index in [0.29, 0.717) is 28.4 Å². The number of amides is 2. The molecular weight excluding hydrogens is 448 g/mol. The summed E-state index contributed by atoms with van der Waals surface area (Å²) in [6.45, 7) is 6.05. The molecule has 186 valence electrons. The first-order valence-corrected chi connectivity index (χ1v) is 13.0. The molecule has 3 aromatic rings. The van der Waals surface area contributed by atoms with Crippen molar-refractivity contribution in [3.63, 3.8) is 0 Å². The van der Waals surface area contributed by atoms with Crippen molar-refractivity contribution in [2.75, 3.05) is 41.7 Å². The predicted molar refractivity (Wildman–Crippen MR) is 146 cm³/mol. The summed E-state index contributed by atoms with van der Waals surface area (Å²) in [6.07, 6.45) is 4.56. The maximum Gasteiger partial charge on any atom is 0.255 e. The quantitative estimate of drug-likeness (QED) is 0.430. The number of hydrogen-bond donors (Lipinski definition) is 3. The fourth-order valence-electron chi connectivity index (χ4n) is 5.14. The lowest BCUT2D eigenvalue weighted by Crippen LogP contribution is -2.26. The van der Waals surface area contributed by atoms with Gasteiger partial charge in [0.15, 0.2) is 0 Å². The van der Waals surface area contributed by atoms with Crippen LogP contribution in [0.4, 0.5) is 17.1 Å². The van der Waals surface area contributed by atoms with E-state index in [9.17, 15) is 9.59 Å². The van der Waals surface area contributed by atoms with Crippen LogP contribution in [0.2, 0.25) is 0 Å². The Morgan fingerprint density at radius 2 is 1.53 bits per heavy atom. The zero-order chi connectivity index (χ0) is 24.9. The molecular formula is C30H34N4O2. The van der Waals surface area contributed by atoms with E-state index in [-0.39, 0.29) is 11.8 Å². The molecule has 0 saturated carbocycles. The molecule has 0 unspecified atom stereocenters. The number of hydrogen-bond acceptors (Lipinski definition) is 4. The first kappa shape index (κ1) is 24.1. The SMILES string of the molecule is Cc1ccc(NC(=O)c2cccc(N3CCCC3)c2)cc1NC(=O)c1cccc(C2CCNCC2)c1. The van der Waals surface area contributed by atoms with Gasteiger partial charge >= 0.3 is 0 Å². The molecule has 6 nitrogen and oxygen atoms in total. The fourth-order valence-corrected chi connectivity index (χ4v) is 5.14. The van der Waals surface area contributed by atoms with Gasteiger partial charge in [-0.25, -0.2) is 0 Å². The van der Waals surface area contributed by atoms with Crippen molar-refractivity contribution in [1.29, 1.82) is 0 Å². The number of aryl methyl sites for hydroxylation is 1. The molecule has 0 radical (unpaired) electrons. The van der Waals surface area contributed by atoms with Gasteiger partial charge in [0.25, 0.3) is 11.8 Å². The van der Waals surface area contributed by atoms with Crippen molar-refractivity contribution in [3.8, 4) is 0 Å². The van der Waals surface area contributed by atoms with Gasteiger partial charge in [0.2, 0.25) is 0 Å². The Kier molecular flexibility index (Phi) is 7.33. The minimum atomic E-state index is -0.160. The van der Waals surface area contributed by atoms with Crippen LogP contribution in [0.15, 0.2) is 66.7 Å². The first-order chi connectivity index (χ1) is 17.6. The highest BCUT2D eigenvalue weighted by Gasteiger charge is 2.18. The third-order valence-electron chi connectivity index (χ3n) is 7.28. The monoisotopic (exact) mass is 482 g/mol. The second-order valence-corrected chi connectivity index (χ2v) is 9.83. The summed E-state index contributed by atoms with van der Waals surface area (Å²) in [5, 5.41) is 9.43. The van der Waals surface area contributed by atoms with E-state index in [2.05, 4.69) is 33.0 Å². The van der Waals surface area contributed by atoms with Crippen LogP contribution in [0.25, 0.3) is 0 Å². The summed E-state index contributed by atoms with van der Waals surface area (Å²) < 4.78 is 0. The highest BCUT2D eigenvalue weighted by molar-refractivity contribution is 6.07. The van der Waals surface area contributed by atoms with Gasteiger partial charge in [0, 0.05) is 41.3 Å². The van der Waals surface area contributed by atoms with Crippen LogP contribution in [0.3, 0.4) is 0 Å². The molecule has 2 aliphatic heterocycles. The number of nitrogens with one attached hydrogen (secondary N) is 3. The lowest BCUT2D eigenvalue weighted by molar-refractivity contribution is 0.101. The van der Waals surface area contributed by atoms with Crippen LogP contribution in [0.1, 0.15) is 63.4 Å². The third-order valence-corrected chi connectivity index (χ3v) is 7.28. The van der Waals surface area contributed by atoms with Gasteiger partial charge < -0.3 is 20.9 Å². The molecule has 2 heterocycles. The van der Waals surface area contributed by atoms with Crippen LogP contribution in [-0.2, 0) is 0 Å². The second kappa shape index (κ2) is 11.0. The van der Waals surface area contributed by atoms with Crippen molar-refractivity contribution in [1.82, 2.24) is 5.32 Å². The second-order valence-electron chi connectivity index (χ2n) is 9.83. The van der Waals surface area contributed by atoms with E-state index in [1.165, 1.54) is 18.4 Å². The van der Waals surface area contributed by atoms with E-state index < -0.39 is 0 Å². The van der Waals surface area contributed by atoms with Crippen molar-refractivity contribution >= 4 is 28.9 Å².